The normalized spacial score (nSPS) is 10.7. The van der Waals surface area contributed by atoms with Crippen LogP contribution >= 0.6 is 15.9 Å². The third kappa shape index (κ3) is 5.38. The van der Waals surface area contributed by atoms with Crippen molar-refractivity contribution < 1.29 is 9.53 Å². The third-order valence-electron chi connectivity index (χ3n) is 3.75. The summed E-state index contributed by atoms with van der Waals surface area (Å²) < 4.78 is 6.67. The van der Waals surface area contributed by atoms with E-state index in [1.165, 1.54) is 5.56 Å². The van der Waals surface area contributed by atoms with Crippen LogP contribution in [0.4, 0.5) is 5.69 Å². The highest BCUT2D eigenvalue weighted by molar-refractivity contribution is 9.10. The zero-order valence-electron chi connectivity index (χ0n) is 14.4. The Hall–Kier alpha value is -1.81. The van der Waals surface area contributed by atoms with E-state index in [-0.39, 0.29) is 5.91 Å². The number of rotatable bonds is 7. The van der Waals surface area contributed by atoms with Gasteiger partial charge in [-0.3, -0.25) is 4.79 Å². The minimum absolute atomic E-state index is 0.0228. The van der Waals surface area contributed by atoms with Crippen molar-refractivity contribution >= 4 is 27.5 Å². The first-order valence-electron chi connectivity index (χ1n) is 8.25. The number of amides is 1. The number of halogens is 1. The van der Waals surface area contributed by atoms with Crippen molar-refractivity contribution in [1.29, 1.82) is 0 Å². The van der Waals surface area contributed by atoms with Gasteiger partial charge in [0.05, 0.1) is 11.1 Å². The standard InChI is InChI=1S/C20H24BrNO2/c1-14(2)16-7-4-5-8-18(16)22-20(23)9-6-12-24-19-11-10-15(3)13-17(19)21/h4-5,7-8,10-11,13-14H,6,9,12H2,1-3H3,(H,22,23). The Labute approximate surface area is 152 Å². The minimum Gasteiger partial charge on any atom is -0.492 e. The molecule has 0 fully saturated rings. The maximum absolute atomic E-state index is 12.1. The quantitative estimate of drug-likeness (QED) is 0.618. The molecule has 0 heterocycles. The third-order valence-corrected chi connectivity index (χ3v) is 4.37. The van der Waals surface area contributed by atoms with E-state index in [1.54, 1.807) is 0 Å². The van der Waals surface area contributed by atoms with Gasteiger partial charge in [-0.05, 0) is 64.5 Å². The lowest BCUT2D eigenvalue weighted by atomic mass is 10.0. The second-order valence-electron chi connectivity index (χ2n) is 6.18. The van der Waals surface area contributed by atoms with Gasteiger partial charge < -0.3 is 10.1 Å². The topological polar surface area (TPSA) is 38.3 Å². The van der Waals surface area contributed by atoms with Gasteiger partial charge >= 0.3 is 0 Å². The molecule has 2 rings (SSSR count). The van der Waals surface area contributed by atoms with Crippen LogP contribution in [0.1, 0.15) is 43.7 Å². The minimum atomic E-state index is 0.0228. The van der Waals surface area contributed by atoms with Gasteiger partial charge in [0, 0.05) is 12.1 Å². The molecule has 24 heavy (non-hydrogen) atoms. The lowest BCUT2D eigenvalue weighted by molar-refractivity contribution is -0.116. The summed E-state index contributed by atoms with van der Waals surface area (Å²) in [4.78, 5) is 12.1. The number of aryl methyl sites for hydroxylation is 1. The Morgan fingerprint density at radius 1 is 1.21 bits per heavy atom. The van der Waals surface area contributed by atoms with E-state index in [9.17, 15) is 4.79 Å². The monoisotopic (exact) mass is 389 g/mol. The number of hydrogen-bond acceptors (Lipinski definition) is 2. The summed E-state index contributed by atoms with van der Waals surface area (Å²) in [5.74, 6) is 1.21. The molecular weight excluding hydrogens is 366 g/mol. The number of nitrogens with one attached hydrogen (secondary N) is 1. The van der Waals surface area contributed by atoms with Crippen molar-refractivity contribution in [1.82, 2.24) is 0 Å². The molecule has 4 heteroatoms. The molecule has 3 nitrogen and oxygen atoms in total. The SMILES string of the molecule is Cc1ccc(OCCCC(=O)Nc2ccccc2C(C)C)c(Br)c1. The van der Waals surface area contributed by atoms with Crippen LogP contribution < -0.4 is 10.1 Å². The average molecular weight is 390 g/mol. The summed E-state index contributed by atoms with van der Waals surface area (Å²) in [5.41, 5.74) is 3.24. The Bertz CT molecular complexity index is 698. The van der Waals surface area contributed by atoms with Gasteiger partial charge in [0.25, 0.3) is 0 Å². The highest BCUT2D eigenvalue weighted by Crippen LogP contribution is 2.26. The van der Waals surface area contributed by atoms with Crippen molar-refractivity contribution in [3.63, 3.8) is 0 Å². The molecule has 0 spiro atoms. The van der Waals surface area contributed by atoms with E-state index in [1.807, 2.05) is 43.3 Å². The van der Waals surface area contributed by atoms with Gasteiger partial charge in [-0.1, -0.05) is 38.1 Å². The molecule has 1 N–H and O–H groups in total. The lowest BCUT2D eigenvalue weighted by Gasteiger charge is -2.13. The number of ether oxygens (including phenoxy) is 1. The van der Waals surface area contributed by atoms with Crippen LogP contribution in [0.3, 0.4) is 0 Å². The van der Waals surface area contributed by atoms with Crippen LogP contribution in [0.15, 0.2) is 46.9 Å². The number of hydrogen-bond donors (Lipinski definition) is 1. The average Bonchev–Trinajstić information content (AvgIpc) is 2.53. The van der Waals surface area contributed by atoms with Crippen molar-refractivity contribution in [2.24, 2.45) is 0 Å². The van der Waals surface area contributed by atoms with Gasteiger partial charge in [0.1, 0.15) is 5.75 Å². The highest BCUT2D eigenvalue weighted by atomic mass is 79.9. The summed E-state index contributed by atoms with van der Waals surface area (Å²) in [6, 6.07) is 13.9. The fourth-order valence-corrected chi connectivity index (χ4v) is 3.07. The molecule has 128 valence electrons. The number of para-hydroxylation sites is 1. The molecule has 0 bridgehead atoms. The van der Waals surface area contributed by atoms with Crippen LogP contribution in [-0.4, -0.2) is 12.5 Å². The number of carbonyl (C=O) groups excluding carboxylic acids is 1. The largest absolute Gasteiger partial charge is 0.492 e. The van der Waals surface area contributed by atoms with Gasteiger partial charge in [0.15, 0.2) is 0 Å². The Morgan fingerprint density at radius 2 is 1.96 bits per heavy atom. The summed E-state index contributed by atoms with van der Waals surface area (Å²) in [6.07, 6.45) is 1.12. The molecule has 0 aliphatic heterocycles. The molecule has 0 aliphatic carbocycles. The van der Waals surface area contributed by atoms with Gasteiger partial charge in [-0.25, -0.2) is 0 Å². The molecule has 0 unspecified atom stereocenters. The van der Waals surface area contributed by atoms with Crippen molar-refractivity contribution in [2.45, 2.75) is 39.5 Å². The van der Waals surface area contributed by atoms with Crippen LogP contribution in [0.25, 0.3) is 0 Å². The Balaban J connectivity index is 1.80. The van der Waals surface area contributed by atoms with E-state index in [2.05, 4.69) is 41.2 Å². The molecule has 2 aromatic carbocycles. The molecule has 2 aromatic rings. The number of anilines is 1. The van der Waals surface area contributed by atoms with Crippen LogP contribution in [0.5, 0.6) is 5.75 Å². The summed E-state index contributed by atoms with van der Waals surface area (Å²) in [6.45, 7) is 6.80. The molecule has 1 amide bonds. The number of carbonyl (C=O) groups is 1. The maximum Gasteiger partial charge on any atom is 0.224 e. The molecular formula is C20H24BrNO2. The summed E-state index contributed by atoms with van der Waals surface area (Å²) in [5, 5.41) is 3.01. The molecule has 0 aliphatic rings. The summed E-state index contributed by atoms with van der Waals surface area (Å²) >= 11 is 3.49. The van der Waals surface area contributed by atoms with Crippen molar-refractivity contribution in [3.8, 4) is 5.75 Å². The predicted octanol–water partition coefficient (Wildman–Crippen LogP) is 5.68. The Kier molecular flexibility index (Phi) is 6.85. The smallest absolute Gasteiger partial charge is 0.224 e. The molecule has 0 saturated carbocycles. The van der Waals surface area contributed by atoms with Gasteiger partial charge in [0.2, 0.25) is 5.91 Å². The lowest BCUT2D eigenvalue weighted by Crippen LogP contribution is -2.14. The van der Waals surface area contributed by atoms with E-state index in [4.69, 9.17) is 4.74 Å². The summed E-state index contributed by atoms with van der Waals surface area (Å²) in [7, 11) is 0. The Morgan fingerprint density at radius 3 is 2.67 bits per heavy atom. The first kappa shape index (κ1) is 18.5. The van der Waals surface area contributed by atoms with Crippen LogP contribution in [0, 0.1) is 6.92 Å². The maximum atomic E-state index is 12.1. The second kappa shape index (κ2) is 8.88. The van der Waals surface area contributed by atoms with Crippen molar-refractivity contribution in [3.05, 3.63) is 58.1 Å². The number of benzene rings is 2. The highest BCUT2D eigenvalue weighted by Gasteiger charge is 2.09. The second-order valence-corrected chi connectivity index (χ2v) is 7.03. The van der Waals surface area contributed by atoms with E-state index in [0.717, 1.165) is 21.5 Å². The first-order chi connectivity index (χ1) is 11.5. The van der Waals surface area contributed by atoms with Gasteiger partial charge in [-0.2, -0.15) is 0 Å². The van der Waals surface area contributed by atoms with Crippen LogP contribution in [0.2, 0.25) is 0 Å². The molecule has 0 atom stereocenters. The van der Waals surface area contributed by atoms with E-state index >= 15 is 0 Å². The van der Waals surface area contributed by atoms with Crippen molar-refractivity contribution in [2.75, 3.05) is 11.9 Å². The fraction of sp³-hybridized carbons (Fsp3) is 0.350. The van der Waals surface area contributed by atoms with Gasteiger partial charge in [-0.15, -0.1) is 0 Å². The van der Waals surface area contributed by atoms with E-state index in [0.29, 0.717) is 25.4 Å². The van der Waals surface area contributed by atoms with E-state index < -0.39 is 0 Å². The zero-order valence-corrected chi connectivity index (χ0v) is 16.0. The predicted molar refractivity (Wildman–Crippen MR) is 103 cm³/mol. The first-order valence-corrected chi connectivity index (χ1v) is 9.04. The molecule has 0 saturated heterocycles. The molecule has 0 radical (unpaired) electrons. The van der Waals surface area contributed by atoms with Crippen LogP contribution in [-0.2, 0) is 4.79 Å². The fourth-order valence-electron chi connectivity index (χ4n) is 2.46. The molecule has 0 aromatic heterocycles. The zero-order chi connectivity index (χ0) is 17.5.